The first kappa shape index (κ1) is 16.0. The Kier molecular flexibility index (Phi) is 4.82. The maximum Gasteiger partial charge on any atom is 0.254 e. The molecular weight excluding hydrogens is 306 g/mol. The number of hydrogen-bond donors (Lipinski definition) is 1. The van der Waals surface area contributed by atoms with E-state index in [1.165, 1.54) is 17.7 Å². The molecule has 1 heterocycles. The molecule has 0 atom stereocenters. The summed E-state index contributed by atoms with van der Waals surface area (Å²) in [6.45, 7) is 3.28. The van der Waals surface area contributed by atoms with Gasteiger partial charge in [0, 0.05) is 16.8 Å². The molecule has 2 aromatic rings. The molecule has 6 nitrogen and oxygen atoms in total. The van der Waals surface area contributed by atoms with Crippen LogP contribution in [-0.2, 0) is 11.3 Å². The van der Waals surface area contributed by atoms with E-state index in [9.17, 15) is 9.59 Å². The standard InChI is InChI=1S/C15H16ClN3O3/c1-9-6-15(21)19(10(2)17-9)8-14(20)18-12-7-11(16)4-5-13(12)22-3/h4-7H,8H2,1-3H3,(H,18,20). The molecule has 7 heteroatoms. The summed E-state index contributed by atoms with van der Waals surface area (Å²) in [7, 11) is 1.50. The average Bonchev–Trinajstić information content (AvgIpc) is 2.43. The largest absolute Gasteiger partial charge is 0.495 e. The minimum atomic E-state index is -0.364. The number of aryl methyl sites for hydroxylation is 2. The van der Waals surface area contributed by atoms with E-state index in [0.29, 0.717) is 28.0 Å². The van der Waals surface area contributed by atoms with Crippen molar-refractivity contribution in [2.75, 3.05) is 12.4 Å². The van der Waals surface area contributed by atoms with E-state index >= 15 is 0 Å². The predicted octanol–water partition coefficient (Wildman–Crippen LogP) is 2.16. The molecule has 0 unspecified atom stereocenters. The molecule has 0 fully saturated rings. The van der Waals surface area contributed by atoms with Crippen molar-refractivity contribution < 1.29 is 9.53 Å². The zero-order chi connectivity index (χ0) is 16.3. The Balaban J connectivity index is 2.21. The number of amides is 1. The van der Waals surface area contributed by atoms with E-state index in [4.69, 9.17) is 16.3 Å². The lowest BCUT2D eigenvalue weighted by atomic mass is 10.3. The van der Waals surface area contributed by atoms with Gasteiger partial charge in [-0.25, -0.2) is 4.98 Å². The second-order valence-electron chi connectivity index (χ2n) is 4.76. The second kappa shape index (κ2) is 6.62. The van der Waals surface area contributed by atoms with Crippen LogP contribution in [0.25, 0.3) is 0 Å². The number of carbonyl (C=O) groups is 1. The molecule has 0 spiro atoms. The first-order chi connectivity index (χ1) is 10.4. The highest BCUT2D eigenvalue weighted by molar-refractivity contribution is 6.31. The third-order valence-corrected chi connectivity index (χ3v) is 3.30. The number of ether oxygens (including phenoxy) is 1. The predicted molar refractivity (Wildman–Crippen MR) is 84.6 cm³/mol. The molecular formula is C15H16ClN3O3. The Hall–Kier alpha value is -2.34. The fourth-order valence-electron chi connectivity index (χ4n) is 2.07. The van der Waals surface area contributed by atoms with Gasteiger partial charge in [0.25, 0.3) is 5.56 Å². The Bertz CT molecular complexity index is 771. The summed E-state index contributed by atoms with van der Waals surface area (Å²) in [4.78, 5) is 28.3. The number of nitrogens with one attached hydrogen (secondary N) is 1. The number of benzene rings is 1. The molecule has 0 aliphatic rings. The minimum Gasteiger partial charge on any atom is -0.495 e. The zero-order valence-corrected chi connectivity index (χ0v) is 13.3. The van der Waals surface area contributed by atoms with Crippen LogP contribution in [0.1, 0.15) is 11.5 Å². The Morgan fingerprint density at radius 2 is 2.09 bits per heavy atom. The van der Waals surface area contributed by atoms with Crippen LogP contribution in [0, 0.1) is 13.8 Å². The molecule has 1 aromatic heterocycles. The van der Waals surface area contributed by atoms with Gasteiger partial charge in [0.05, 0.1) is 12.8 Å². The van der Waals surface area contributed by atoms with Gasteiger partial charge in [-0.2, -0.15) is 0 Å². The lowest BCUT2D eigenvalue weighted by Gasteiger charge is -2.12. The molecule has 0 bridgehead atoms. The third kappa shape index (κ3) is 3.65. The summed E-state index contributed by atoms with van der Waals surface area (Å²) in [5.74, 6) is 0.610. The van der Waals surface area contributed by atoms with Crippen molar-refractivity contribution in [3.8, 4) is 5.75 Å². The number of aromatic nitrogens is 2. The highest BCUT2D eigenvalue weighted by Gasteiger charge is 2.11. The van der Waals surface area contributed by atoms with Gasteiger partial charge in [-0.05, 0) is 32.0 Å². The van der Waals surface area contributed by atoms with Crippen LogP contribution in [0.3, 0.4) is 0 Å². The van der Waals surface area contributed by atoms with Gasteiger partial charge in [0.2, 0.25) is 5.91 Å². The molecule has 116 valence electrons. The summed E-state index contributed by atoms with van der Waals surface area (Å²) in [6.07, 6.45) is 0. The third-order valence-electron chi connectivity index (χ3n) is 3.06. The molecule has 2 rings (SSSR count). The van der Waals surface area contributed by atoms with Crippen LogP contribution >= 0.6 is 11.6 Å². The van der Waals surface area contributed by atoms with Gasteiger partial charge >= 0.3 is 0 Å². The van der Waals surface area contributed by atoms with E-state index < -0.39 is 0 Å². The molecule has 1 N–H and O–H groups in total. The zero-order valence-electron chi connectivity index (χ0n) is 12.5. The smallest absolute Gasteiger partial charge is 0.254 e. The first-order valence-electron chi connectivity index (χ1n) is 6.59. The van der Waals surface area contributed by atoms with Crippen molar-refractivity contribution in [2.24, 2.45) is 0 Å². The molecule has 0 saturated heterocycles. The molecule has 0 aliphatic carbocycles. The summed E-state index contributed by atoms with van der Waals surface area (Å²) in [6, 6.07) is 6.29. The SMILES string of the molecule is COc1ccc(Cl)cc1NC(=O)Cn1c(C)nc(C)cc1=O. The number of methoxy groups -OCH3 is 1. The van der Waals surface area contributed by atoms with Gasteiger partial charge in [-0.3, -0.25) is 14.2 Å². The van der Waals surface area contributed by atoms with Gasteiger partial charge < -0.3 is 10.1 Å². The Morgan fingerprint density at radius 1 is 1.36 bits per heavy atom. The van der Waals surface area contributed by atoms with Crippen LogP contribution in [0.4, 0.5) is 5.69 Å². The molecule has 1 aromatic carbocycles. The number of carbonyl (C=O) groups excluding carboxylic acids is 1. The number of anilines is 1. The summed E-state index contributed by atoms with van der Waals surface area (Å²) in [5.41, 5.74) is 0.805. The molecule has 0 aliphatic heterocycles. The number of nitrogens with zero attached hydrogens (tertiary/aromatic N) is 2. The molecule has 0 saturated carbocycles. The topological polar surface area (TPSA) is 73.2 Å². The summed E-state index contributed by atoms with van der Waals surface area (Å²) < 4.78 is 6.47. The van der Waals surface area contributed by atoms with E-state index in [-0.39, 0.29) is 18.0 Å². The fourth-order valence-corrected chi connectivity index (χ4v) is 2.24. The number of hydrogen-bond acceptors (Lipinski definition) is 4. The van der Waals surface area contributed by atoms with Crippen molar-refractivity contribution in [1.29, 1.82) is 0 Å². The number of halogens is 1. The molecule has 0 radical (unpaired) electrons. The summed E-state index contributed by atoms with van der Waals surface area (Å²) in [5, 5.41) is 3.16. The lowest BCUT2D eigenvalue weighted by molar-refractivity contribution is -0.116. The van der Waals surface area contributed by atoms with E-state index in [2.05, 4.69) is 10.3 Å². The molecule has 22 heavy (non-hydrogen) atoms. The maximum atomic E-state index is 12.2. The second-order valence-corrected chi connectivity index (χ2v) is 5.20. The average molecular weight is 322 g/mol. The van der Waals surface area contributed by atoms with Gasteiger partial charge in [0.15, 0.2) is 0 Å². The quantitative estimate of drug-likeness (QED) is 0.936. The fraction of sp³-hybridized carbons (Fsp3) is 0.267. The van der Waals surface area contributed by atoms with Crippen molar-refractivity contribution >= 4 is 23.2 Å². The van der Waals surface area contributed by atoms with Crippen LogP contribution < -0.4 is 15.6 Å². The lowest BCUT2D eigenvalue weighted by Crippen LogP contribution is -2.30. The van der Waals surface area contributed by atoms with Crippen LogP contribution in [-0.4, -0.2) is 22.6 Å². The Labute approximate surface area is 132 Å². The Morgan fingerprint density at radius 3 is 2.73 bits per heavy atom. The van der Waals surface area contributed by atoms with Crippen molar-refractivity contribution in [2.45, 2.75) is 20.4 Å². The minimum absolute atomic E-state index is 0.131. The van der Waals surface area contributed by atoms with Crippen molar-refractivity contribution in [3.63, 3.8) is 0 Å². The summed E-state index contributed by atoms with van der Waals surface area (Å²) >= 11 is 5.91. The van der Waals surface area contributed by atoms with Gasteiger partial charge in [-0.15, -0.1) is 0 Å². The van der Waals surface area contributed by atoms with Crippen LogP contribution in [0.15, 0.2) is 29.1 Å². The van der Waals surface area contributed by atoms with Crippen molar-refractivity contribution in [1.82, 2.24) is 9.55 Å². The first-order valence-corrected chi connectivity index (χ1v) is 6.97. The van der Waals surface area contributed by atoms with E-state index in [1.54, 1.807) is 32.0 Å². The van der Waals surface area contributed by atoms with Crippen LogP contribution in [0.2, 0.25) is 5.02 Å². The van der Waals surface area contributed by atoms with Gasteiger partial charge in [0.1, 0.15) is 18.1 Å². The van der Waals surface area contributed by atoms with Crippen molar-refractivity contribution in [3.05, 3.63) is 51.2 Å². The highest BCUT2D eigenvalue weighted by atomic mass is 35.5. The highest BCUT2D eigenvalue weighted by Crippen LogP contribution is 2.27. The van der Waals surface area contributed by atoms with E-state index in [1.807, 2.05) is 0 Å². The maximum absolute atomic E-state index is 12.2. The monoisotopic (exact) mass is 321 g/mol. The van der Waals surface area contributed by atoms with Crippen LogP contribution in [0.5, 0.6) is 5.75 Å². The number of rotatable bonds is 4. The molecule has 1 amide bonds. The van der Waals surface area contributed by atoms with E-state index in [0.717, 1.165) is 0 Å². The normalized spacial score (nSPS) is 10.4. The van der Waals surface area contributed by atoms with Gasteiger partial charge in [-0.1, -0.05) is 11.6 Å².